The Hall–Kier alpha value is 0.190. The molecule has 0 amide bonds. The van der Waals surface area contributed by atoms with Gasteiger partial charge in [-0.3, -0.25) is 0 Å². The van der Waals surface area contributed by atoms with Gasteiger partial charge in [0.1, 0.15) is 0 Å². The highest BCUT2D eigenvalue weighted by molar-refractivity contribution is 7.62. The maximum Gasteiger partial charge on any atom is 0.0949 e. The molecule has 0 radical (unpaired) electrons. The van der Waals surface area contributed by atoms with Crippen LogP contribution >= 0.6 is 7.14 Å². The Morgan fingerprint density at radius 1 is 1.31 bits per heavy atom. The Morgan fingerprint density at radius 2 is 1.92 bits per heavy atom. The molecule has 80 valence electrons. The molecule has 0 aliphatic heterocycles. The molecule has 3 heteroatoms. The minimum Gasteiger partial charge on any atom is -0.323 e. The molecule has 0 aliphatic rings. The fraction of sp³-hybridized carbons (Fsp3) is 1.00. The van der Waals surface area contributed by atoms with Crippen molar-refractivity contribution in [1.29, 1.82) is 0 Å². The van der Waals surface area contributed by atoms with E-state index in [0.717, 1.165) is 0 Å². The van der Waals surface area contributed by atoms with Crippen molar-refractivity contribution >= 4 is 7.14 Å². The number of rotatable bonds is 7. The Morgan fingerprint density at radius 3 is 2.38 bits per heavy atom. The van der Waals surface area contributed by atoms with E-state index in [-0.39, 0.29) is 0 Å². The van der Waals surface area contributed by atoms with Crippen LogP contribution in [0.1, 0.15) is 39.5 Å². The lowest BCUT2D eigenvalue weighted by molar-refractivity contribution is 0.508. The van der Waals surface area contributed by atoms with E-state index < -0.39 is 7.14 Å². The molecule has 0 rings (SSSR count). The molecule has 1 unspecified atom stereocenters. The third kappa shape index (κ3) is 10.1. The van der Waals surface area contributed by atoms with Gasteiger partial charge in [-0.15, -0.1) is 0 Å². The first-order chi connectivity index (χ1) is 5.95. The number of hydrogen-bond acceptors (Lipinski definition) is 2. The lowest BCUT2D eigenvalue weighted by Crippen LogP contribution is -2.26. The second-order valence-corrected chi connectivity index (χ2v) is 7.80. The molecule has 0 saturated heterocycles. The van der Waals surface area contributed by atoms with E-state index in [9.17, 15) is 4.57 Å². The topological polar surface area (TPSA) is 29.1 Å². The van der Waals surface area contributed by atoms with Crippen molar-refractivity contribution in [3.8, 4) is 0 Å². The normalized spacial score (nSPS) is 14.5. The maximum atomic E-state index is 11.4. The standard InChI is InChI=1S/C10H24NOP/c1-5-6-7-8-10(2)11-9-13(3,4)12/h10-11H,5-9H2,1-4H3. The average molecular weight is 205 g/mol. The summed E-state index contributed by atoms with van der Waals surface area (Å²) < 4.78 is 11.4. The fourth-order valence-electron chi connectivity index (χ4n) is 1.18. The summed E-state index contributed by atoms with van der Waals surface area (Å²) >= 11 is 0. The summed E-state index contributed by atoms with van der Waals surface area (Å²) in [6, 6.07) is 0.514. The van der Waals surface area contributed by atoms with Crippen molar-refractivity contribution in [2.75, 3.05) is 19.6 Å². The molecular formula is C10H24NOP. The van der Waals surface area contributed by atoms with Crippen LogP contribution in [0.3, 0.4) is 0 Å². The molecule has 0 aromatic carbocycles. The average Bonchev–Trinajstić information content (AvgIpc) is 2.00. The van der Waals surface area contributed by atoms with E-state index in [2.05, 4.69) is 19.2 Å². The summed E-state index contributed by atoms with van der Waals surface area (Å²) in [5.41, 5.74) is 0. The van der Waals surface area contributed by atoms with Gasteiger partial charge in [0.05, 0.1) is 7.14 Å². The van der Waals surface area contributed by atoms with Gasteiger partial charge in [-0.2, -0.15) is 0 Å². The maximum absolute atomic E-state index is 11.4. The van der Waals surface area contributed by atoms with Gasteiger partial charge in [0.15, 0.2) is 0 Å². The Balaban J connectivity index is 3.40. The first kappa shape index (κ1) is 13.2. The van der Waals surface area contributed by atoms with E-state index in [0.29, 0.717) is 12.3 Å². The molecule has 0 saturated carbocycles. The van der Waals surface area contributed by atoms with Gasteiger partial charge in [0.2, 0.25) is 0 Å². The lowest BCUT2D eigenvalue weighted by atomic mass is 10.1. The largest absolute Gasteiger partial charge is 0.323 e. The summed E-state index contributed by atoms with van der Waals surface area (Å²) in [5, 5.41) is 3.32. The van der Waals surface area contributed by atoms with Crippen LogP contribution in [0.5, 0.6) is 0 Å². The monoisotopic (exact) mass is 205 g/mol. The van der Waals surface area contributed by atoms with Gasteiger partial charge in [0.25, 0.3) is 0 Å². The molecule has 0 spiro atoms. The van der Waals surface area contributed by atoms with E-state index in [1.54, 1.807) is 0 Å². The van der Waals surface area contributed by atoms with Crippen molar-refractivity contribution in [3.63, 3.8) is 0 Å². The van der Waals surface area contributed by atoms with Gasteiger partial charge < -0.3 is 9.88 Å². The predicted molar refractivity (Wildman–Crippen MR) is 61.1 cm³/mol. The summed E-state index contributed by atoms with van der Waals surface area (Å²) in [4.78, 5) is 0. The minimum atomic E-state index is -1.87. The zero-order valence-electron chi connectivity index (χ0n) is 9.47. The van der Waals surface area contributed by atoms with E-state index in [1.807, 2.05) is 13.3 Å². The summed E-state index contributed by atoms with van der Waals surface area (Å²) in [7, 11) is -1.87. The molecule has 2 nitrogen and oxygen atoms in total. The number of nitrogens with one attached hydrogen (secondary N) is 1. The zero-order chi connectivity index (χ0) is 10.3. The molecule has 0 aromatic rings. The van der Waals surface area contributed by atoms with Crippen molar-refractivity contribution in [1.82, 2.24) is 5.32 Å². The second kappa shape index (κ2) is 6.62. The van der Waals surface area contributed by atoms with Crippen LogP contribution in [0.15, 0.2) is 0 Å². The Labute approximate surface area is 82.9 Å². The molecule has 0 bridgehead atoms. The van der Waals surface area contributed by atoms with Gasteiger partial charge in [0, 0.05) is 12.3 Å². The van der Waals surface area contributed by atoms with Crippen LogP contribution in [0.4, 0.5) is 0 Å². The van der Waals surface area contributed by atoms with Crippen LogP contribution in [0.25, 0.3) is 0 Å². The number of unbranched alkanes of at least 4 members (excludes halogenated alkanes) is 2. The first-order valence-electron chi connectivity index (χ1n) is 5.23. The Kier molecular flexibility index (Phi) is 6.71. The molecule has 0 heterocycles. The predicted octanol–water partition coefficient (Wildman–Crippen LogP) is 3.13. The highest BCUT2D eigenvalue weighted by Crippen LogP contribution is 2.33. The van der Waals surface area contributed by atoms with Gasteiger partial charge in [-0.1, -0.05) is 26.2 Å². The third-order valence-electron chi connectivity index (χ3n) is 2.06. The van der Waals surface area contributed by atoms with E-state index in [1.165, 1.54) is 25.7 Å². The van der Waals surface area contributed by atoms with E-state index in [4.69, 9.17) is 0 Å². The fourth-order valence-corrected chi connectivity index (χ4v) is 1.93. The second-order valence-electron chi connectivity index (χ2n) is 4.33. The third-order valence-corrected chi connectivity index (χ3v) is 3.01. The molecule has 0 aromatic heterocycles. The lowest BCUT2D eigenvalue weighted by Gasteiger charge is -2.15. The summed E-state index contributed by atoms with van der Waals surface area (Å²) in [5.74, 6) is 0. The molecular weight excluding hydrogens is 181 g/mol. The molecule has 0 aliphatic carbocycles. The number of hydrogen-bond donors (Lipinski definition) is 1. The molecule has 1 atom stereocenters. The Bertz CT molecular complexity index is 164. The molecule has 1 N–H and O–H groups in total. The SMILES string of the molecule is CCCCCC(C)NCP(C)(C)=O. The quantitative estimate of drug-likeness (QED) is 0.511. The zero-order valence-corrected chi connectivity index (χ0v) is 10.4. The first-order valence-corrected chi connectivity index (χ1v) is 8.01. The van der Waals surface area contributed by atoms with Gasteiger partial charge >= 0.3 is 0 Å². The smallest absolute Gasteiger partial charge is 0.0949 e. The summed E-state index contributed by atoms with van der Waals surface area (Å²) in [6.45, 7) is 8.05. The van der Waals surface area contributed by atoms with E-state index >= 15 is 0 Å². The van der Waals surface area contributed by atoms with Gasteiger partial charge in [-0.05, 0) is 26.7 Å². The van der Waals surface area contributed by atoms with Crippen LogP contribution in [-0.2, 0) is 4.57 Å². The van der Waals surface area contributed by atoms with Crippen molar-refractivity contribution < 1.29 is 4.57 Å². The van der Waals surface area contributed by atoms with Crippen LogP contribution < -0.4 is 5.32 Å². The molecule has 13 heavy (non-hydrogen) atoms. The van der Waals surface area contributed by atoms with Crippen molar-refractivity contribution in [2.45, 2.75) is 45.6 Å². The van der Waals surface area contributed by atoms with Crippen LogP contribution in [0.2, 0.25) is 0 Å². The van der Waals surface area contributed by atoms with Gasteiger partial charge in [-0.25, -0.2) is 0 Å². The summed E-state index contributed by atoms with van der Waals surface area (Å²) in [6.07, 6.45) is 5.74. The minimum absolute atomic E-state index is 0.514. The van der Waals surface area contributed by atoms with Crippen molar-refractivity contribution in [3.05, 3.63) is 0 Å². The molecule has 0 fully saturated rings. The van der Waals surface area contributed by atoms with Crippen molar-refractivity contribution in [2.24, 2.45) is 0 Å². The highest BCUT2D eigenvalue weighted by atomic mass is 31.2. The van der Waals surface area contributed by atoms with Crippen LogP contribution in [-0.4, -0.2) is 25.7 Å². The highest BCUT2D eigenvalue weighted by Gasteiger charge is 2.08. The van der Waals surface area contributed by atoms with Crippen LogP contribution in [0, 0.1) is 0 Å².